The number of fused-ring (bicyclic) bond motifs is 2. The van der Waals surface area contributed by atoms with E-state index in [1.54, 1.807) is 18.5 Å². The van der Waals surface area contributed by atoms with Gasteiger partial charge in [0.25, 0.3) is 17.7 Å². The Morgan fingerprint density at radius 1 is 0.900 bits per heavy atom. The zero-order valence-corrected chi connectivity index (χ0v) is 32.6. The number of nitrogen functional groups attached to an aromatic ring is 1. The van der Waals surface area contributed by atoms with Crippen LogP contribution in [0.5, 0.6) is 0 Å². The molecule has 5 aliphatic heterocycles. The van der Waals surface area contributed by atoms with E-state index in [0.717, 1.165) is 43.0 Å². The van der Waals surface area contributed by atoms with Crippen LogP contribution in [-0.4, -0.2) is 110 Å². The molecule has 1 atom stereocenters. The van der Waals surface area contributed by atoms with E-state index in [4.69, 9.17) is 22.3 Å². The molecule has 60 heavy (non-hydrogen) atoms. The number of aromatic nitrogens is 4. The minimum Gasteiger partial charge on any atom is -0.382 e. The summed E-state index contributed by atoms with van der Waals surface area (Å²) in [5, 5.41) is 5.19. The number of pyridine rings is 1. The molecule has 306 valence electrons. The number of anilines is 4. The second kappa shape index (κ2) is 14.0. The van der Waals surface area contributed by atoms with Crippen LogP contribution in [0.1, 0.15) is 56.8 Å². The maximum atomic E-state index is 15.8. The summed E-state index contributed by atoms with van der Waals surface area (Å²) in [6.45, 7) is 4.26. The minimum absolute atomic E-state index is 0.000818. The van der Waals surface area contributed by atoms with Crippen LogP contribution in [-0.2, 0) is 9.59 Å². The van der Waals surface area contributed by atoms with Crippen molar-refractivity contribution in [2.24, 2.45) is 5.41 Å². The van der Waals surface area contributed by atoms with Gasteiger partial charge in [-0.3, -0.25) is 43.5 Å². The Bertz CT molecular complexity index is 2690. The lowest BCUT2D eigenvalue weighted by molar-refractivity contribution is -0.136. The van der Waals surface area contributed by atoms with Gasteiger partial charge in [-0.15, -0.1) is 0 Å². The Morgan fingerprint density at radius 3 is 2.37 bits per heavy atom. The number of rotatable bonds is 7. The SMILES string of the molecule is Nc1nccn2c(N3CCC4(CC3)CN(C3CN(c5cc6c(cc5F)C(=O)N(C5CCC(=O)NC5=O)C6=O)C3)C4)nc(-c3ccc(C(=O)Nc4cc(Cl)ccn4)cc3F)c12. The number of amides is 5. The summed E-state index contributed by atoms with van der Waals surface area (Å²) in [7, 11) is 0. The van der Waals surface area contributed by atoms with Crippen LogP contribution >= 0.6 is 11.6 Å². The standard InChI is InChI=1S/C41H36ClF2N11O5/c42-22-5-8-46-31(14-22)48-36(57)21-1-2-24(27(43)13-21)33-34-35(45)47-9-12-54(34)40(50-33)51-10-6-41(7-11-51)19-53(20-41)23-17-52(18-23)30-16-26-25(15-28(30)44)38(59)55(39(26)60)29-3-4-32(56)49-37(29)58/h1-2,5,8-9,12-16,23,29H,3-4,6-7,10-11,17-20H2,(H2,45,47)(H,46,48,57)(H,49,56,58). The first-order valence-corrected chi connectivity index (χ1v) is 19.9. The number of hydrogen-bond donors (Lipinski definition) is 3. The van der Waals surface area contributed by atoms with Gasteiger partial charge in [-0.25, -0.2) is 23.7 Å². The largest absolute Gasteiger partial charge is 0.382 e. The summed E-state index contributed by atoms with van der Waals surface area (Å²) in [6.07, 6.45) is 6.58. The predicted octanol–water partition coefficient (Wildman–Crippen LogP) is 3.75. The van der Waals surface area contributed by atoms with Crippen molar-refractivity contribution in [3.63, 3.8) is 0 Å². The Balaban J connectivity index is 0.780. The topological polar surface area (TPSA) is 191 Å². The summed E-state index contributed by atoms with van der Waals surface area (Å²) in [4.78, 5) is 83.9. The summed E-state index contributed by atoms with van der Waals surface area (Å²) in [5.41, 5.74) is 7.67. The van der Waals surface area contributed by atoms with Crippen molar-refractivity contribution in [2.45, 2.75) is 37.8 Å². The van der Waals surface area contributed by atoms with Gasteiger partial charge < -0.3 is 20.9 Å². The number of carbonyl (C=O) groups is 5. The van der Waals surface area contributed by atoms with Gasteiger partial charge in [-0.1, -0.05) is 11.6 Å². The summed E-state index contributed by atoms with van der Waals surface area (Å²) < 4.78 is 33.1. The van der Waals surface area contributed by atoms with Gasteiger partial charge in [0.05, 0.1) is 16.8 Å². The molecule has 5 aliphatic rings. The number of piperidine rings is 2. The molecule has 4 N–H and O–H groups in total. The van der Waals surface area contributed by atoms with Crippen molar-refractivity contribution in [1.29, 1.82) is 0 Å². The fourth-order valence-corrected chi connectivity index (χ4v) is 9.30. The molecule has 0 radical (unpaired) electrons. The first kappa shape index (κ1) is 37.7. The number of likely N-dealkylation sites (tertiary alicyclic amines) is 1. The van der Waals surface area contributed by atoms with Crippen molar-refractivity contribution < 1.29 is 32.8 Å². The third-order valence-electron chi connectivity index (χ3n) is 12.4. The molecule has 1 spiro atoms. The third kappa shape index (κ3) is 6.20. The zero-order valence-electron chi connectivity index (χ0n) is 31.8. The fraction of sp³-hybridized carbons (Fsp3) is 0.317. The van der Waals surface area contributed by atoms with Gasteiger partial charge in [0, 0.05) is 86.5 Å². The Kier molecular flexibility index (Phi) is 8.83. The normalized spacial score (nSPS) is 20.4. The second-order valence-corrected chi connectivity index (χ2v) is 16.5. The molecule has 8 heterocycles. The van der Waals surface area contributed by atoms with E-state index in [1.807, 2.05) is 9.30 Å². The van der Waals surface area contributed by atoms with Gasteiger partial charge in [0.1, 0.15) is 40.5 Å². The molecule has 1 unspecified atom stereocenters. The highest BCUT2D eigenvalue weighted by atomic mass is 35.5. The number of carbonyl (C=O) groups excluding carboxylic acids is 5. The van der Waals surface area contributed by atoms with Crippen molar-refractivity contribution >= 4 is 69.9 Å². The van der Waals surface area contributed by atoms with Crippen LogP contribution in [0.15, 0.2) is 61.1 Å². The van der Waals surface area contributed by atoms with Gasteiger partial charge in [0.15, 0.2) is 0 Å². The second-order valence-electron chi connectivity index (χ2n) is 16.0. The summed E-state index contributed by atoms with van der Waals surface area (Å²) >= 11 is 6.00. The molecule has 4 fully saturated rings. The van der Waals surface area contributed by atoms with E-state index < -0.39 is 47.2 Å². The molecule has 5 amide bonds. The van der Waals surface area contributed by atoms with Crippen molar-refractivity contribution in [3.8, 4) is 11.3 Å². The van der Waals surface area contributed by atoms with Crippen LogP contribution in [0.3, 0.4) is 0 Å². The molecule has 2 aromatic carbocycles. The molecule has 16 nitrogen and oxygen atoms in total. The maximum absolute atomic E-state index is 15.8. The number of nitrogens with one attached hydrogen (secondary N) is 2. The highest BCUT2D eigenvalue weighted by molar-refractivity contribution is 6.30. The molecule has 10 rings (SSSR count). The lowest BCUT2D eigenvalue weighted by atomic mass is 9.71. The van der Waals surface area contributed by atoms with Crippen LogP contribution in [0, 0.1) is 17.0 Å². The average Bonchev–Trinajstić information content (AvgIpc) is 3.68. The van der Waals surface area contributed by atoms with E-state index in [1.165, 1.54) is 30.5 Å². The monoisotopic (exact) mass is 835 g/mol. The molecule has 4 saturated heterocycles. The number of imidazole rings is 1. The van der Waals surface area contributed by atoms with Crippen LogP contribution in [0.4, 0.5) is 32.1 Å². The van der Waals surface area contributed by atoms with Crippen LogP contribution in [0.25, 0.3) is 16.8 Å². The van der Waals surface area contributed by atoms with Crippen molar-refractivity contribution in [1.82, 2.24) is 34.5 Å². The Labute approximate surface area is 345 Å². The number of halogens is 3. The van der Waals surface area contributed by atoms with E-state index in [0.29, 0.717) is 48.4 Å². The lowest BCUT2D eigenvalue weighted by Crippen LogP contribution is -2.70. The molecule has 0 bridgehead atoms. The summed E-state index contributed by atoms with van der Waals surface area (Å²) in [5.74, 6) is -3.39. The lowest BCUT2D eigenvalue weighted by Gasteiger charge is -2.60. The Morgan fingerprint density at radius 2 is 1.65 bits per heavy atom. The Hall–Kier alpha value is -6.53. The van der Waals surface area contributed by atoms with Gasteiger partial charge in [0.2, 0.25) is 17.8 Å². The number of imide groups is 2. The first-order chi connectivity index (χ1) is 28.9. The van der Waals surface area contributed by atoms with E-state index in [9.17, 15) is 24.0 Å². The smallest absolute Gasteiger partial charge is 0.262 e. The number of hydrogen-bond acceptors (Lipinski definition) is 12. The predicted molar refractivity (Wildman–Crippen MR) is 215 cm³/mol. The summed E-state index contributed by atoms with van der Waals surface area (Å²) in [6, 6.07) is 8.76. The fourth-order valence-electron chi connectivity index (χ4n) is 9.14. The molecule has 5 aromatic rings. The zero-order chi connectivity index (χ0) is 41.6. The molecular formula is C41H36ClF2N11O5. The van der Waals surface area contributed by atoms with E-state index in [-0.39, 0.29) is 63.9 Å². The number of nitrogens with two attached hydrogens (primary N) is 1. The molecule has 0 saturated carbocycles. The molecule has 19 heteroatoms. The van der Waals surface area contributed by atoms with E-state index in [2.05, 4.69) is 30.4 Å². The van der Waals surface area contributed by atoms with Gasteiger partial charge in [-0.2, -0.15) is 0 Å². The molecule has 3 aromatic heterocycles. The number of nitrogens with zero attached hydrogens (tertiary/aromatic N) is 8. The van der Waals surface area contributed by atoms with Crippen molar-refractivity contribution in [2.75, 3.05) is 60.1 Å². The molecule has 0 aliphatic carbocycles. The van der Waals surface area contributed by atoms with Gasteiger partial charge >= 0.3 is 0 Å². The maximum Gasteiger partial charge on any atom is 0.262 e. The third-order valence-corrected chi connectivity index (χ3v) is 12.7. The highest BCUT2D eigenvalue weighted by Gasteiger charge is 2.50. The first-order valence-electron chi connectivity index (χ1n) is 19.5. The minimum atomic E-state index is -1.12. The molecular weight excluding hydrogens is 800 g/mol. The van der Waals surface area contributed by atoms with Crippen LogP contribution in [0.2, 0.25) is 5.02 Å². The quantitative estimate of drug-likeness (QED) is 0.202. The van der Waals surface area contributed by atoms with Crippen molar-refractivity contribution in [3.05, 3.63) is 94.4 Å². The number of benzene rings is 2. The van der Waals surface area contributed by atoms with E-state index >= 15 is 8.78 Å². The average molecular weight is 836 g/mol. The van der Waals surface area contributed by atoms with Crippen LogP contribution < -0.4 is 26.2 Å². The van der Waals surface area contributed by atoms with Gasteiger partial charge in [-0.05, 0) is 67.1 Å². The highest BCUT2D eigenvalue weighted by Crippen LogP contribution is 2.45.